The summed E-state index contributed by atoms with van der Waals surface area (Å²) in [5, 5.41) is 12.4. The van der Waals surface area contributed by atoms with Gasteiger partial charge in [0.2, 0.25) is 0 Å². The Labute approximate surface area is 135 Å². The SMILES string of the molecule is CCOC(=O)c1c(C)nn2c(=O)n(-c3ccc(Cl)cc3)nnc12. The predicted octanol–water partition coefficient (Wildman–Crippen LogP) is 1.41. The highest BCUT2D eigenvalue weighted by molar-refractivity contribution is 6.30. The fourth-order valence-corrected chi connectivity index (χ4v) is 2.27. The minimum absolute atomic E-state index is 0.0659. The van der Waals surface area contributed by atoms with Crippen molar-refractivity contribution in [1.82, 2.24) is 24.6 Å². The zero-order valence-corrected chi connectivity index (χ0v) is 13.1. The van der Waals surface area contributed by atoms with Gasteiger partial charge in [-0.25, -0.2) is 9.59 Å². The minimum atomic E-state index is -0.585. The molecule has 3 rings (SSSR count). The van der Waals surface area contributed by atoms with Crippen LogP contribution in [0.1, 0.15) is 23.0 Å². The monoisotopic (exact) mass is 333 g/mol. The van der Waals surface area contributed by atoms with Crippen LogP contribution in [0.5, 0.6) is 0 Å². The molecule has 0 atom stereocenters. The van der Waals surface area contributed by atoms with E-state index in [4.69, 9.17) is 16.3 Å². The summed E-state index contributed by atoms with van der Waals surface area (Å²) in [5.41, 5.74) is 0.496. The molecule has 0 saturated heterocycles. The van der Waals surface area contributed by atoms with E-state index in [9.17, 15) is 9.59 Å². The second-order valence-corrected chi connectivity index (χ2v) is 5.11. The van der Waals surface area contributed by atoms with Crippen molar-refractivity contribution in [3.05, 3.63) is 51.0 Å². The van der Waals surface area contributed by atoms with Gasteiger partial charge in [0, 0.05) is 5.02 Å². The van der Waals surface area contributed by atoms with Crippen molar-refractivity contribution in [2.24, 2.45) is 0 Å². The third-order valence-electron chi connectivity index (χ3n) is 3.18. The van der Waals surface area contributed by atoms with Gasteiger partial charge < -0.3 is 4.74 Å². The number of hydrogen-bond donors (Lipinski definition) is 0. The van der Waals surface area contributed by atoms with Crippen LogP contribution in [-0.4, -0.2) is 37.2 Å². The maximum atomic E-state index is 12.5. The molecule has 0 amide bonds. The van der Waals surface area contributed by atoms with E-state index < -0.39 is 11.7 Å². The average molecular weight is 334 g/mol. The topological polar surface area (TPSA) is 91.4 Å². The van der Waals surface area contributed by atoms with Crippen LogP contribution in [0.4, 0.5) is 0 Å². The zero-order chi connectivity index (χ0) is 16.6. The number of halogens is 1. The first-order valence-electron chi connectivity index (χ1n) is 6.81. The van der Waals surface area contributed by atoms with Crippen molar-refractivity contribution in [2.75, 3.05) is 6.61 Å². The Morgan fingerprint density at radius 2 is 2.00 bits per heavy atom. The number of hydrogen-bond acceptors (Lipinski definition) is 6. The van der Waals surface area contributed by atoms with Gasteiger partial charge in [0.25, 0.3) is 0 Å². The van der Waals surface area contributed by atoms with Crippen molar-refractivity contribution < 1.29 is 9.53 Å². The smallest absolute Gasteiger partial charge is 0.373 e. The molecule has 3 aromatic rings. The number of aryl methyl sites for hydroxylation is 1. The van der Waals surface area contributed by atoms with Crippen LogP contribution in [0.15, 0.2) is 29.1 Å². The fourth-order valence-electron chi connectivity index (χ4n) is 2.14. The van der Waals surface area contributed by atoms with E-state index in [0.717, 1.165) is 9.20 Å². The second kappa shape index (κ2) is 5.81. The zero-order valence-electron chi connectivity index (χ0n) is 12.4. The summed E-state index contributed by atoms with van der Waals surface area (Å²) in [6.45, 7) is 3.51. The maximum Gasteiger partial charge on any atom is 0.373 e. The quantitative estimate of drug-likeness (QED) is 0.673. The van der Waals surface area contributed by atoms with Crippen molar-refractivity contribution in [1.29, 1.82) is 0 Å². The van der Waals surface area contributed by atoms with Crippen LogP contribution in [0.3, 0.4) is 0 Å². The number of ether oxygens (including phenoxy) is 1. The van der Waals surface area contributed by atoms with Gasteiger partial charge in [-0.15, -0.1) is 5.10 Å². The summed E-state index contributed by atoms with van der Waals surface area (Å²) in [5.74, 6) is -0.585. The molecule has 0 aliphatic heterocycles. The fraction of sp³-hybridized carbons (Fsp3) is 0.214. The molecule has 0 spiro atoms. The van der Waals surface area contributed by atoms with Crippen LogP contribution < -0.4 is 5.69 Å². The van der Waals surface area contributed by atoms with Gasteiger partial charge in [0.15, 0.2) is 5.65 Å². The summed E-state index contributed by atoms with van der Waals surface area (Å²) in [7, 11) is 0. The van der Waals surface area contributed by atoms with E-state index in [0.29, 0.717) is 16.4 Å². The summed E-state index contributed by atoms with van der Waals surface area (Å²) in [6, 6.07) is 6.53. The number of carbonyl (C=O) groups excluding carboxylic acids is 1. The summed E-state index contributed by atoms with van der Waals surface area (Å²) in [4.78, 5) is 24.5. The van der Waals surface area contributed by atoms with Gasteiger partial charge >= 0.3 is 11.7 Å². The highest BCUT2D eigenvalue weighted by Gasteiger charge is 2.22. The molecule has 8 nitrogen and oxygen atoms in total. The maximum absolute atomic E-state index is 12.5. The number of esters is 1. The van der Waals surface area contributed by atoms with Gasteiger partial charge in [-0.2, -0.15) is 14.3 Å². The first-order valence-corrected chi connectivity index (χ1v) is 7.19. The highest BCUT2D eigenvalue weighted by atomic mass is 35.5. The van der Waals surface area contributed by atoms with E-state index in [1.165, 1.54) is 0 Å². The Hall–Kier alpha value is -2.74. The molecule has 0 bridgehead atoms. The first kappa shape index (κ1) is 15.2. The molecule has 0 aliphatic carbocycles. The van der Waals surface area contributed by atoms with Gasteiger partial charge in [0.1, 0.15) is 5.56 Å². The average Bonchev–Trinajstić information content (AvgIpc) is 2.86. The van der Waals surface area contributed by atoms with Crippen molar-refractivity contribution in [3.8, 4) is 5.69 Å². The van der Waals surface area contributed by atoms with E-state index in [1.54, 1.807) is 38.1 Å². The number of fused-ring (bicyclic) bond motifs is 1. The lowest BCUT2D eigenvalue weighted by molar-refractivity contribution is 0.0527. The lowest BCUT2D eigenvalue weighted by Gasteiger charge is -2.03. The van der Waals surface area contributed by atoms with E-state index in [-0.39, 0.29) is 17.8 Å². The second-order valence-electron chi connectivity index (χ2n) is 4.68. The van der Waals surface area contributed by atoms with E-state index in [1.807, 2.05) is 0 Å². The van der Waals surface area contributed by atoms with Crippen molar-refractivity contribution in [3.63, 3.8) is 0 Å². The number of benzene rings is 1. The largest absolute Gasteiger partial charge is 0.462 e. The normalized spacial score (nSPS) is 10.9. The van der Waals surface area contributed by atoms with Crippen LogP contribution in [0.25, 0.3) is 11.3 Å². The van der Waals surface area contributed by atoms with Crippen molar-refractivity contribution in [2.45, 2.75) is 13.8 Å². The molecule has 0 unspecified atom stereocenters. The molecule has 0 aliphatic rings. The van der Waals surface area contributed by atoms with Crippen LogP contribution >= 0.6 is 11.6 Å². The molecule has 23 heavy (non-hydrogen) atoms. The first-order chi connectivity index (χ1) is 11.0. The van der Waals surface area contributed by atoms with Crippen molar-refractivity contribution >= 4 is 23.2 Å². The predicted molar refractivity (Wildman–Crippen MR) is 82.1 cm³/mol. The molecule has 2 aromatic heterocycles. The summed E-state index contributed by atoms with van der Waals surface area (Å²) in [6.07, 6.45) is 0. The summed E-state index contributed by atoms with van der Waals surface area (Å²) < 4.78 is 7.06. The molecule has 0 fully saturated rings. The molecule has 9 heteroatoms. The molecule has 0 radical (unpaired) electrons. The molecular formula is C14H12ClN5O3. The standard InChI is InChI=1S/C14H12ClN5O3/c1-3-23-13(21)11-8(2)17-20-12(11)16-18-19(14(20)22)10-6-4-9(15)5-7-10/h4-7H,3H2,1-2H3. The Bertz CT molecular complexity index is 945. The number of carbonyl (C=O) groups is 1. The third kappa shape index (κ3) is 2.57. The van der Waals surface area contributed by atoms with E-state index in [2.05, 4.69) is 15.4 Å². The number of rotatable bonds is 3. The Morgan fingerprint density at radius 3 is 2.65 bits per heavy atom. The molecular weight excluding hydrogens is 322 g/mol. The number of aromatic nitrogens is 5. The van der Waals surface area contributed by atoms with Crippen LogP contribution in [0.2, 0.25) is 5.02 Å². The van der Waals surface area contributed by atoms with Gasteiger partial charge in [-0.1, -0.05) is 16.8 Å². The van der Waals surface area contributed by atoms with E-state index >= 15 is 0 Å². The lowest BCUT2D eigenvalue weighted by Crippen LogP contribution is -2.29. The van der Waals surface area contributed by atoms with Gasteiger partial charge in [-0.05, 0) is 38.1 Å². The molecule has 0 saturated carbocycles. The molecule has 118 valence electrons. The Morgan fingerprint density at radius 1 is 1.30 bits per heavy atom. The van der Waals surface area contributed by atoms with Crippen LogP contribution in [0, 0.1) is 6.92 Å². The minimum Gasteiger partial charge on any atom is -0.462 e. The number of nitrogens with zero attached hydrogens (tertiary/aromatic N) is 5. The van der Waals surface area contributed by atoms with Gasteiger partial charge in [0.05, 0.1) is 18.0 Å². The van der Waals surface area contributed by atoms with Gasteiger partial charge in [-0.3, -0.25) is 0 Å². The molecule has 0 N–H and O–H groups in total. The lowest BCUT2D eigenvalue weighted by atomic mass is 10.2. The van der Waals surface area contributed by atoms with Crippen LogP contribution in [-0.2, 0) is 4.74 Å². The molecule has 2 heterocycles. The Balaban J connectivity index is 2.19. The highest BCUT2D eigenvalue weighted by Crippen LogP contribution is 2.14. The Kier molecular flexibility index (Phi) is 3.83. The molecule has 1 aromatic carbocycles. The third-order valence-corrected chi connectivity index (χ3v) is 3.43. The summed E-state index contributed by atoms with van der Waals surface area (Å²) >= 11 is 5.83.